The van der Waals surface area contributed by atoms with Crippen LogP contribution in [0.2, 0.25) is 6.04 Å². The molecule has 7 heteroatoms. The highest BCUT2D eigenvalue weighted by atomic mass is 28.4. The van der Waals surface area contributed by atoms with Crippen LogP contribution in [0.5, 0.6) is 0 Å². The number of rotatable bonds is 17. The maximum Gasteiger partial charge on any atom is 0.501 e. The topological polar surface area (TPSA) is 68.2 Å². The van der Waals surface area contributed by atoms with Crippen LogP contribution in [-0.2, 0) is 13.3 Å². The van der Waals surface area contributed by atoms with Crippen LogP contribution in [0.25, 0.3) is 0 Å². The van der Waals surface area contributed by atoms with Crippen molar-refractivity contribution in [1.29, 1.82) is 0 Å². The third-order valence-corrected chi connectivity index (χ3v) is 7.61. The lowest BCUT2D eigenvalue weighted by molar-refractivity contribution is -0.927. The Hall–Kier alpha value is -0.0231. The summed E-state index contributed by atoms with van der Waals surface area (Å²) in [6.07, 6.45) is 2.56. The van der Waals surface area contributed by atoms with E-state index in [4.69, 9.17) is 13.3 Å². The van der Waals surface area contributed by atoms with E-state index in [-0.39, 0.29) is 13.2 Å². The van der Waals surface area contributed by atoms with Gasteiger partial charge in [-0.2, -0.15) is 0 Å². The number of hydrogen-bond donors (Lipinski definition) is 2. The van der Waals surface area contributed by atoms with Crippen LogP contribution in [0.3, 0.4) is 0 Å². The van der Waals surface area contributed by atoms with Crippen LogP contribution in [0, 0.1) is 0 Å². The molecule has 0 atom stereocenters. The second-order valence-corrected chi connectivity index (χ2v) is 8.80. The van der Waals surface area contributed by atoms with E-state index in [1.807, 2.05) is 20.8 Å². The summed E-state index contributed by atoms with van der Waals surface area (Å²) >= 11 is 0. The molecule has 2 N–H and O–H groups in total. The lowest BCUT2D eigenvalue weighted by atomic mass is 10.2. The number of quaternary nitrogens is 1. The predicted molar refractivity (Wildman–Crippen MR) is 98.9 cm³/mol. The summed E-state index contributed by atoms with van der Waals surface area (Å²) in [6, 6.07) is 0.820. The fourth-order valence-electron chi connectivity index (χ4n) is 3.25. The number of nitrogens with zero attached hydrogens (tertiary/aromatic N) is 1. The number of aliphatic hydroxyl groups is 2. The monoisotopic (exact) mass is 366 g/mol. The maximum absolute atomic E-state index is 9.20. The Morgan fingerprint density at radius 2 is 1.12 bits per heavy atom. The molecule has 0 aliphatic rings. The Morgan fingerprint density at radius 1 is 0.708 bits per heavy atom. The molecule has 0 aliphatic carbocycles. The van der Waals surface area contributed by atoms with Gasteiger partial charge in [-0.3, -0.25) is 0 Å². The largest absolute Gasteiger partial charge is 0.501 e. The summed E-state index contributed by atoms with van der Waals surface area (Å²) in [6.45, 7) is 14.3. The van der Waals surface area contributed by atoms with E-state index < -0.39 is 8.80 Å². The zero-order valence-electron chi connectivity index (χ0n) is 16.3. The van der Waals surface area contributed by atoms with Gasteiger partial charge < -0.3 is 28.0 Å². The normalized spacial score (nSPS) is 12.8. The average molecular weight is 367 g/mol. The number of hydrogen-bond acceptors (Lipinski definition) is 5. The third-order valence-electron chi connectivity index (χ3n) is 4.46. The molecule has 0 amide bonds. The van der Waals surface area contributed by atoms with Crippen LogP contribution in [0.1, 0.15) is 47.0 Å². The fourth-order valence-corrected chi connectivity index (χ4v) is 5.85. The Morgan fingerprint density at radius 3 is 1.46 bits per heavy atom. The van der Waals surface area contributed by atoms with Gasteiger partial charge in [-0.15, -0.1) is 0 Å². The Balaban J connectivity index is 4.82. The molecule has 0 unspecified atom stereocenters. The molecule has 146 valence electrons. The fraction of sp³-hybridized carbons (Fsp3) is 1.00. The van der Waals surface area contributed by atoms with Crippen molar-refractivity contribution in [1.82, 2.24) is 0 Å². The predicted octanol–water partition coefficient (Wildman–Crippen LogP) is 2.03. The van der Waals surface area contributed by atoms with E-state index in [0.717, 1.165) is 56.0 Å². The molecular weight excluding hydrogens is 326 g/mol. The van der Waals surface area contributed by atoms with Gasteiger partial charge in [0, 0.05) is 58.3 Å². The Labute approximate surface area is 149 Å². The molecule has 0 aromatic carbocycles. The Kier molecular flexibility index (Phi) is 14.2. The molecule has 24 heavy (non-hydrogen) atoms. The molecule has 0 aromatic rings. The van der Waals surface area contributed by atoms with Gasteiger partial charge >= 0.3 is 8.80 Å². The summed E-state index contributed by atoms with van der Waals surface area (Å²) in [7, 11) is -2.58. The molecule has 0 radical (unpaired) electrons. The van der Waals surface area contributed by atoms with Gasteiger partial charge in [0.2, 0.25) is 0 Å². The van der Waals surface area contributed by atoms with Gasteiger partial charge in [0.15, 0.2) is 0 Å². The standard InChI is InChI=1S/C17H40NO5Si/c1-5-18(12-9-15-19,13-10-16-20)14-11-17-24(21-6-2,22-7-3)23-8-4/h19-20H,5-17H2,1-4H3/q+1. The van der Waals surface area contributed by atoms with Crippen molar-refractivity contribution in [2.45, 2.75) is 53.0 Å². The van der Waals surface area contributed by atoms with Crippen molar-refractivity contribution in [3.63, 3.8) is 0 Å². The van der Waals surface area contributed by atoms with E-state index in [0.29, 0.717) is 19.8 Å². The minimum absolute atomic E-state index is 0.217. The van der Waals surface area contributed by atoms with Gasteiger partial charge in [-0.1, -0.05) is 0 Å². The van der Waals surface area contributed by atoms with Crippen molar-refractivity contribution in [3.8, 4) is 0 Å². The molecule has 6 nitrogen and oxygen atoms in total. The second kappa shape index (κ2) is 14.2. The first-order chi connectivity index (χ1) is 11.6. The molecule has 0 aliphatic heterocycles. The van der Waals surface area contributed by atoms with Crippen LogP contribution in [0.4, 0.5) is 0 Å². The molecule has 0 fully saturated rings. The van der Waals surface area contributed by atoms with Gasteiger partial charge in [-0.25, -0.2) is 0 Å². The summed E-state index contributed by atoms with van der Waals surface area (Å²) in [5, 5.41) is 18.4. The maximum atomic E-state index is 9.20. The van der Waals surface area contributed by atoms with E-state index in [2.05, 4.69) is 6.92 Å². The first kappa shape index (κ1) is 24.0. The third kappa shape index (κ3) is 8.89. The first-order valence-electron chi connectivity index (χ1n) is 9.56. The van der Waals surface area contributed by atoms with Crippen LogP contribution in [0.15, 0.2) is 0 Å². The highest BCUT2D eigenvalue weighted by Crippen LogP contribution is 2.21. The van der Waals surface area contributed by atoms with Gasteiger partial charge in [-0.05, 0) is 27.7 Å². The minimum atomic E-state index is -2.58. The molecular formula is C17H40NO5Si+. The summed E-state index contributed by atoms with van der Waals surface area (Å²) in [5.74, 6) is 0. The van der Waals surface area contributed by atoms with Crippen molar-refractivity contribution >= 4 is 8.80 Å². The molecule has 0 saturated heterocycles. The van der Waals surface area contributed by atoms with E-state index in [1.54, 1.807) is 0 Å². The van der Waals surface area contributed by atoms with Crippen molar-refractivity contribution in [2.75, 3.05) is 59.2 Å². The van der Waals surface area contributed by atoms with Gasteiger partial charge in [0.25, 0.3) is 0 Å². The highest BCUT2D eigenvalue weighted by molar-refractivity contribution is 6.60. The highest BCUT2D eigenvalue weighted by Gasteiger charge is 2.40. The molecule has 0 rings (SSSR count). The lowest BCUT2D eigenvalue weighted by Gasteiger charge is -2.39. The SMILES string of the molecule is CCO[Si](CCC[N+](CC)(CCCO)CCCO)(OCC)OCC. The second-order valence-electron chi connectivity index (χ2n) is 6.07. The van der Waals surface area contributed by atoms with Crippen molar-refractivity contribution in [3.05, 3.63) is 0 Å². The molecule has 0 saturated carbocycles. The van der Waals surface area contributed by atoms with Crippen molar-refractivity contribution in [2.24, 2.45) is 0 Å². The summed E-state index contributed by atoms with van der Waals surface area (Å²) in [4.78, 5) is 0. The van der Waals surface area contributed by atoms with Crippen LogP contribution >= 0.6 is 0 Å². The van der Waals surface area contributed by atoms with E-state index in [9.17, 15) is 10.2 Å². The zero-order chi connectivity index (χ0) is 18.3. The quantitative estimate of drug-likeness (QED) is 0.304. The van der Waals surface area contributed by atoms with Crippen molar-refractivity contribution < 1.29 is 28.0 Å². The smallest absolute Gasteiger partial charge is 0.396 e. The zero-order valence-corrected chi connectivity index (χ0v) is 17.3. The minimum Gasteiger partial charge on any atom is -0.396 e. The molecule has 0 spiro atoms. The van der Waals surface area contributed by atoms with Gasteiger partial charge in [0.05, 0.1) is 26.2 Å². The lowest BCUT2D eigenvalue weighted by Crippen LogP contribution is -2.52. The van der Waals surface area contributed by atoms with Gasteiger partial charge in [0.1, 0.15) is 0 Å². The average Bonchev–Trinajstić information content (AvgIpc) is 2.58. The Bertz CT molecular complexity index is 269. The summed E-state index contributed by atoms with van der Waals surface area (Å²) in [5.41, 5.74) is 0. The number of aliphatic hydroxyl groups excluding tert-OH is 2. The van der Waals surface area contributed by atoms with E-state index in [1.165, 1.54) is 0 Å². The molecule has 0 bridgehead atoms. The van der Waals surface area contributed by atoms with E-state index >= 15 is 0 Å². The molecule has 0 aromatic heterocycles. The first-order valence-corrected chi connectivity index (χ1v) is 11.5. The van der Waals surface area contributed by atoms with Crippen LogP contribution in [-0.4, -0.2) is 82.7 Å². The van der Waals surface area contributed by atoms with Crippen LogP contribution < -0.4 is 0 Å². The molecule has 0 heterocycles. The summed E-state index contributed by atoms with van der Waals surface area (Å²) < 4.78 is 18.7.